The number of hydrogen-bond donors (Lipinski definition) is 1. The number of anilines is 1. The van der Waals surface area contributed by atoms with Gasteiger partial charge in [-0.3, -0.25) is 0 Å². The van der Waals surface area contributed by atoms with Crippen molar-refractivity contribution in [3.05, 3.63) is 17.0 Å². The second kappa shape index (κ2) is 5.65. The van der Waals surface area contributed by atoms with Crippen molar-refractivity contribution in [2.24, 2.45) is 0 Å². The van der Waals surface area contributed by atoms with Gasteiger partial charge >= 0.3 is 0 Å². The van der Waals surface area contributed by atoms with Gasteiger partial charge in [0.15, 0.2) is 0 Å². The van der Waals surface area contributed by atoms with E-state index in [9.17, 15) is 0 Å². The maximum atomic E-state index is 5.99. The van der Waals surface area contributed by atoms with Gasteiger partial charge in [-0.15, -0.1) is 0 Å². The van der Waals surface area contributed by atoms with Crippen LogP contribution in [0.5, 0.6) is 0 Å². The molecule has 0 spiro atoms. The number of rotatable bonds is 6. The molecule has 1 aromatic rings. The van der Waals surface area contributed by atoms with E-state index in [0.29, 0.717) is 11.1 Å². The summed E-state index contributed by atoms with van der Waals surface area (Å²) in [5.74, 6) is 2.29. The van der Waals surface area contributed by atoms with E-state index in [0.717, 1.165) is 31.2 Å². The predicted molar refractivity (Wildman–Crippen MR) is 70.7 cm³/mol. The average molecular weight is 255 g/mol. The van der Waals surface area contributed by atoms with Gasteiger partial charge in [-0.25, -0.2) is 9.97 Å². The van der Waals surface area contributed by atoms with Crippen LogP contribution in [0.4, 0.5) is 5.82 Å². The van der Waals surface area contributed by atoms with Crippen LogP contribution in [-0.4, -0.2) is 42.1 Å². The molecule has 1 heterocycles. The van der Waals surface area contributed by atoms with Gasteiger partial charge in [0.2, 0.25) is 0 Å². The molecule has 2 rings (SSSR count). The first kappa shape index (κ1) is 12.6. The molecule has 1 saturated carbocycles. The number of nitrogens with zero attached hydrogens (tertiary/aromatic N) is 3. The fourth-order valence-electron chi connectivity index (χ4n) is 1.66. The van der Waals surface area contributed by atoms with Crippen molar-refractivity contribution in [3.8, 4) is 0 Å². The van der Waals surface area contributed by atoms with Crippen LogP contribution in [0.15, 0.2) is 6.07 Å². The monoisotopic (exact) mass is 254 g/mol. The minimum Gasteiger partial charge on any atom is -0.370 e. The Balaban J connectivity index is 1.87. The highest BCUT2D eigenvalue weighted by Gasteiger charge is 2.27. The number of aromatic nitrogens is 2. The fourth-order valence-corrected chi connectivity index (χ4v) is 1.85. The predicted octanol–water partition coefficient (Wildman–Crippen LogP) is 2.37. The number of halogens is 1. The summed E-state index contributed by atoms with van der Waals surface area (Å²) < 4.78 is 0. The minimum absolute atomic E-state index is 0.538. The van der Waals surface area contributed by atoms with Gasteiger partial charge in [-0.05, 0) is 39.9 Å². The summed E-state index contributed by atoms with van der Waals surface area (Å²) in [6.07, 6.45) is 3.48. The van der Waals surface area contributed by atoms with E-state index >= 15 is 0 Å². The van der Waals surface area contributed by atoms with Gasteiger partial charge in [0, 0.05) is 18.5 Å². The topological polar surface area (TPSA) is 41.0 Å². The second-order valence-corrected chi connectivity index (χ2v) is 5.18. The van der Waals surface area contributed by atoms with Crippen LogP contribution in [0.25, 0.3) is 0 Å². The zero-order chi connectivity index (χ0) is 12.3. The van der Waals surface area contributed by atoms with E-state index in [1.165, 1.54) is 12.8 Å². The molecule has 1 N–H and O–H groups in total. The average Bonchev–Trinajstić information content (AvgIpc) is 3.07. The largest absolute Gasteiger partial charge is 0.370 e. The van der Waals surface area contributed by atoms with Crippen LogP contribution in [0.3, 0.4) is 0 Å². The highest BCUT2D eigenvalue weighted by Crippen LogP contribution is 2.38. The van der Waals surface area contributed by atoms with E-state index in [1.54, 1.807) is 6.07 Å². The van der Waals surface area contributed by atoms with E-state index in [4.69, 9.17) is 11.6 Å². The van der Waals surface area contributed by atoms with Crippen molar-refractivity contribution < 1.29 is 0 Å². The third-order valence-corrected chi connectivity index (χ3v) is 2.94. The summed E-state index contributed by atoms with van der Waals surface area (Å²) in [6.45, 7) is 1.98. The summed E-state index contributed by atoms with van der Waals surface area (Å²) in [5.41, 5.74) is 0. The Hall–Kier alpha value is -0.870. The summed E-state index contributed by atoms with van der Waals surface area (Å²) >= 11 is 5.99. The minimum atomic E-state index is 0.538. The van der Waals surface area contributed by atoms with E-state index in [-0.39, 0.29) is 0 Å². The molecular weight excluding hydrogens is 236 g/mol. The molecule has 1 aliphatic carbocycles. The smallest absolute Gasteiger partial charge is 0.135 e. The molecule has 0 radical (unpaired) electrons. The summed E-state index contributed by atoms with van der Waals surface area (Å²) in [4.78, 5) is 10.9. The first-order chi connectivity index (χ1) is 8.15. The normalized spacial score (nSPS) is 15.3. The lowest BCUT2D eigenvalue weighted by Crippen LogP contribution is -2.16. The van der Waals surface area contributed by atoms with Crippen molar-refractivity contribution in [1.29, 1.82) is 0 Å². The molecule has 0 bridgehead atoms. The van der Waals surface area contributed by atoms with Crippen LogP contribution in [0.1, 0.15) is 31.0 Å². The van der Waals surface area contributed by atoms with Crippen molar-refractivity contribution in [2.45, 2.75) is 25.2 Å². The Kier molecular flexibility index (Phi) is 4.18. The molecular formula is C12H19ClN4. The molecule has 0 amide bonds. The SMILES string of the molecule is CN(C)CCCNc1cc(Cl)nc(C2CC2)n1. The molecule has 0 atom stereocenters. The third kappa shape index (κ3) is 4.13. The summed E-state index contributed by atoms with van der Waals surface area (Å²) in [7, 11) is 4.15. The Labute approximate surface area is 107 Å². The lowest BCUT2D eigenvalue weighted by molar-refractivity contribution is 0.405. The first-order valence-corrected chi connectivity index (χ1v) is 6.46. The van der Waals surface area contributed by atoms with E-state index in [1.807, 2.05) is 0 Å². The number of hydrogen-bond acceptors (Lipinski definition) is 4. The molecule has 17 heavy (non-hydrogen) atoms. The Morgan fingerprint density at radius 2 is 2.18 bits per heavy atom. The first-order valence-electron chi connectivity index (χ1n) is 6.08. The highest BCUT2D eigenvalue weighted by molar-refractivity contribution is 6.29. The molecule has 0 aromatic carbocycles. The lowest BCUT2D eigenvalue weighted by Gasteiger charge is -2.10. The molecule has 0 unspecified atom stereocenters. The van der Waals surface area contributed by atoms with Crippen LogP contribution < -0.4 is 5.32 Å². The molecule has 4 nitrogen and oxygen atoms in total. The van der Waals surface area contributed by atoms with Crippen molar-refractivity contribution >= 4 is 17.4 Å². The van der Waals surface area contributed by atoms with Gasteiger partial charge < -0.3 is 10.2 Å². The third-order valence-electron chi connectivity index (χ3n) is 2.74. The zero-order valence-corrected chi connectivity index (χ0v) is 11.2. The Morgan fingerprint density at radius 3 is 2.82 bits per heavy atom. The molecule has 94 valence electrons. The second-order valence-electron chi connectivity index (χ2n) is 4.79. The Morgan fingerprint density at radius 1 is 1.41 bits per heavy atom. The van der Waals surface area contributed by atoms with Crippen LogP contribution in [0, 0.1) is 0 Å². The Bertz CT molecular complexity index is 377. The van der Waals surface area contributed by atoms with Crippen LogP contribution >= 0.6 is 11.6 Å². The molecule has 0 saturated heterocycles. The van der Waals surface area contributed by atoms with Crippen molar-refractivity contribution in [1.82, 2.24) is 14.9 Å². The quantitative estimate of drug-likeness (QED) is 0.625. The summed E-state index contributed by atoms with van der Waals surface area (Å²) in [5, 5.41) is 3.84. The standard InChI is InChI=1S/C12H19ClN4/c1-17(2)7-3-6-14-11-8-10(13)15-12(16-11)9-4-5-9/h8-9H,3-7H2,1-2H3,(H,14,15,16). The zero-order valence-electron chi connectivity index (χ0n) is 10.4. The molecule has 1 aromatic heterocycles. The molecule has 1 aliphatic rings. The van der Waals surface area contributed by atoms with E-state index < -0.39 is 0 Å². The van der Waals surface area contributed by atoms with Crippen LogP contribution in [0.2, 0.25) is 5.15 Å². The molecule has 0 aliphatic heterocycles. The van der Waals surface area contributed by atoms with Gasteiger partial charge in [-0.1, -0.05) is 11.6 Å². The van der Waals surface area contributed by atoms with E-state index in [2.05, 4.69) is 34.3 Å². The highest BCUT2D eigenvalue weighted by atomic mass is 35.5. The molecule has 1 fully saturated rings. The van der Waals surface area contributed by atoms with Gasteiger partial charge in [0.05, 0.1) is 0 Å². The maximum Gasteiger partial charge on any atom is 0.135 e. The van der Waals surface area contributed by atoms with Gasteiger partial charge in [0.1, 0.15) is 16.8 Å². The maximum absolute atomic E-state index is 5.99. The molecule has 5 heteroatoms. The fraction of sp³-hybridized carbons (Fsp3) is 0.667. The number of nitrogens with one attached hydrogen (secondary N) is 1. The summed E-state index contributed by atoms with van der Waals surface area (Å²) in [6, 6.07) is 1.79. The van der Waals surface area contributed by atoms with Crippen LogP contribution in [-0.2, 0) is 0 Å². The lowest BCUT2D eigenvalue weighted by atomic mass is 10.3. The van der Waals surface area contributed by atoms with Crippen molar-refractivity contribution in [3.63, 3.8) is 0 Å². The van der Waals surface area contributed by atoms with Crippen molar-refractivity contribution in [2.75, 3.05) is 32.5 Å². The van der Waals surface area contributed by atoms with Gasteiger partial charge in [-0.2, -0.15) is 0 Å². The van der Waals surface area contributed by atoms with Gasteiger partial charge in [0.25, 0.3) is 0 Å².